The second kappa shape index (κ2) is 8.25. The van der Waals surface area contributed by atoms with Gasteiger partial charge in [0, 0.05) is 31.1 Å². The Morgan fingerprint density at radius 1 is 1.58 bits per heavy atom. The number of ether oxygens (including phenoxy) is 1. The minimum Gasteiger partial charge on any atom is -0.384 e. The third-order valence-corrected chi connectivity index (χ3v) is 2.31. The van der Waals surface area contributed by atoms with Gasteiger partial charge in [0.1, 0.15) is 6.61 Å². The lowest BCUT2D eigenvalue weighted by Crippen LogP contribution is -2.32. The molecule has 0 aliphatic heterocycles. The van der Waals surface area contributed by atoms with Crippen LogP contribution in [0.3, 0.4) is 0 Å². The van der Waals surface area contributed by atoms with Gasteiger partial charge in [-0.2, -0.15) is 0 Å². The fourth-order valence-electron chi connectivity index (χ4n) is 1.46. The number of aliphatic hydroxyl groups is 1. The number of carbonyl (C=O) groups is 1. The van der Waals surface area contributed by atoms with E-state index in [1.807, 2.05) is 13.8 Å². The van der Waals surface area contributed by atoms with Crippen molar-refractivity contribution in [3.8, 4) is 11.8 Å². The normalized spacial score (nSPS) is 11.3. The quantitative estimate of drug-likeness (QED) is 0.761. The van der Waals surface area contributed by atoms with E-state index >= 15 is 0 Å². The molecule has 19 heavy (non-hydrogen) atoms. The molecule has 1 aromatic heterocycles. The first-order valence-corrected chi connectivity index (χ1v) is 6.12. The van der Waals surface area contributed by atoms with Crippen molar-refractivity contribution < 1.29 is 14.6 Å². The van der Waals surface area contributed by atoms with Crippen molar-refractivity contribution in [1.29, 1.82) is 0 Å². The number of rotatable bonds is 5. The van der Waals surface area contributed by atoms with Crippen LogP contribution in [-0.4, -0.2) is 41.9 Å². The molecule has 0 saturated carbocycles. The highest BCUT2D eigenvalue weighted by atomic mass is 16.5. The molecule has 1 aromatic rings. The molecule has 0 bridgehead atoms. The summed E-state index contributed by atoms with van der Waals surface area (Å²) in [6, 6.07) is 1.64. The maximum atomic E-state index is 11.9. The Hall–Kier alpha value is -1.90. The Balaban J connectivity index is 2.61. The van der Waals surface area contributed by atoms with Crippen LogP contribution in [0.25, 0.3) is 0 Å². The summed E-state index contributed by atoms with van der Waals surface area (Å²) < 4.78 is 5.32. The fraction of sp³-hybridized carbons (Fsp3) is 0.429. The third-order valence-electron chi connectivity index (χ3n) is 2.31. The molecule has 0 spiro atoms. The van der Waals surface area contributed by atoms with E-state index < -0.39 is 0 Å². The highest BCUT2D eigenvalue weighted by Gasteiger charge is 2.08. The summed E-state index contributed by atoms with van der Waals surface area (Å²) in [5, 5.41) is 11.4. The molecule has 0 aliphatic carbocycles. The summed E-state index contributed by atoms with van der Waals surface area (Å²) in [6.45, 7) is 4.64. The van der Waals surface area contributed by atoms with Crippen molar-refractivity contribution in [2.45, 2.75) is 20.0 Å². The number of pyridine rings is 1. The van der Waals surface area contributed by atoms with Gasteiger partial charge < -0.3 is 15.2 Å². The summed E-state index contributed by atoms with van der Waals surface area (Å²) in [5.74, 6) is 5.00. The van der Waals surface area contributed by atoms with Crippen LogP contribution in [0.1, 0.15) is 29.8 Å². The van der Waals surface area contributed by atoms with E-state index in [1.165, 1.54) is 6.20 Å². The van der Waals surface area contributed by atoms with Crippen molar-refractivity contribution >= 4 is 5.91 Å². The summed E-state index contributed by atoms with van der Waals surface area (Å²) >= 11 is 0. The number of aromatic nitrogens is 1. The Morgan fingerprint density at radius 2 is 2.37 bits per heavy atom. The summed E-state index contributed by atoms with van der Waals surface area (Å²) in [6.07, 6.45) is 2.99. The standard InChI is InChI=1S/C14H18N2O3/c1-3-19-11(2)8-16-14(18)13-7-12(5-4-6-17)9-15-10-13/h7,9-11,17H,3,6,8H2,1-2H3,(H,16,18). The van der Waals surface area contributed by atoms with Crippen LogP contribution < -0.4 is 5.32 Å². The Labute approximate surface area is 113 Å². The van der Waals surface area contributed by atoms with E-state index in [0.29, 0.717) is 24.3 Å². The van der Waals surface area contributed by atoms with Crippen molar-refractivity contribution in [2.24, 2.45) is 0 Å². The van der Waals surface area contributed by atoms with E-state index in [-0.39, 0.29) is 18.6 Å². The Kier molecular flexibility index (Phi) is 6.58. The molecule has 1 atom stereocenters. The van der Waals surface area contributed by atoms with Crippen molar-refractivity contribution in [3.63, 3.8) is 0 Å². The lowest BCUT2D eigenvalue weighted by atomic mass is 10.2. The largest absolute Gasteiger partial charge is 0.384 e. The highest BCUT2D eigenvalue weighted by Crippen LogP contribution is 2.01. The molecule has 0 radical (unpaired) electrons. The van der Waals surface area contributed by atoms with Gasteiger partial charge in [-0.25, -0.2) is 0 Å². The number of nitrogens with zero attached hydrogens (tertiary/aromatic N) is 1. The Bertz CT molecular complexity index is 477. The SMILES string of the molecule is CCOC(C)CNC(=O)c1cncc(C#CCO)c1. The molecule has 5 nitrogen and oxygen atoms in total. The first-order valence-electron chi connectivity index (χ1n) is 6.12. The number of nitrogens with one attached hydrogen (secondary N) is 1. The second-order valence-corrected chi connectivity index (χ2v) is 3.90. The van der Waals surface area contributed by atoms with E-state index in [4.69, 9.17) is 9.84 Å². The van der Waals surface area contributed by atoms with Crippen LogP contribution in [0.15, 0.2) is 18.5 Å². The average molecular weight is 262 g/mol. The number of amides is 1. The van der Waals surface area contributed by atoms with Crippen molar-refractivity contribution in [3.05, 3.63) is 29.6 Å². The molecular weight excluding hydrogens is 244 g/mol. The second-order valence-electron chi connectivity index (χ2n) is 3.90. The fourth-order valence-corrected chi connectivity index (χ4v) is 1.46. The molecule has 0 aliphatic rings. The summed E-state index contributed by atoms with van der Waals surface area (Å²) in [5.41, 5.74) is 1.04. The van der Waals surface area contributed by atoms with E-state index in [0.717, 1.165) is 0 Å². The number of hydrogen-bond acceptors (Lipinski definition) is 4. The molecule has 1 heterocycles. The highest BCUT2D eigenvalue weighted by molar-refractivity contribution is 5.94. The summed E-state index contributed by atoms with van der Waals surface area (Å²) in [7, 11) is 0. The van der Waals surface area contributed by atoms with Gasteiger partial charge in [0.15, 0.2) is 0 Å². The van der Waals surface area contributed by atoms with Crippen LogP contribution in [0.4, 0.5) is 0 Å². The van der Waals surface area contributed by atoms with Crippen LogP contribution in [0, 0.1) is 11.8 Å². The number of aliphatic hydroxyl groups excluding tert-OH is 1. The Morgan fingerprint density at radius 3 is 3.05 bits per heavy atom. The number of carbonyl (C=O) groups excluding carboxylic acids is 1. The first-order chi connectivity index (χ1) is 9.17. The van der Waals surface area contributed by atoms with Crippen LogP contribution in [0.2, 0.25) is 0 Å². The zero-order chi connectivity index (χ0) is 14.1. The minimum atomic E-state index is -0.220. The molecule has 1 rings (SSSR count). The molecule has 1 unspecified atom stereocenters. The molecular formula is C14H18N2O3. The minimum absolute atomic E-state index is 0.0285. The maximum Gasteiger partial charge on any atom is 0.252 e. The smallest absolute Gasteiger partial charge is 0.252 e. The predicted molar refractivity (Wildman–Crippen MR) is 71.6 cm³/mol. The van der Waals surface area contributed by atoms with E-state index in [1.54, 1.807) is 12.3 Å². The van der Waals surface area contributed by atoms with Gasteiger partial charge >= 0.3 is 0 Å². The third kappa shape index (κ3) is 5.51. The summed E-state index contributed by atoms with van der Waals surface area (Å²) in [4.78, 5) is 15.8. The van der Waals surface area contributed by atoms with Gasteiger partial charge in [0.2, 0.25) is 0 Å². The number of hydrogen-bond donors (Lipinski definition) is 2. The molecule has 2 N–H and O–H groups in total. The average Bonchev–Trinajstić information content (AvgIpc) is 2.43. The van der Waals surface area contributed by atoms with Crippen LogP contribution >= 0.6 is 0 Å². The van der Waals surface area contributed by atoms with Gasteiger partial charge in [-0.15, -0.1) is 0 Å². The van der Waals surface area contributed by atoms with Crippen molar-refractivity contribution in [2.75, 3.05) is 19.8 Å². The zero-order valence-electron chi connectivity index (χ0n) is 11.1. The lowest BCUT2D eigenvalue weighted by molar-refractivity contribution is 0.0695. The monoisotopic (exact) mass is 262 g/mol. The van der Waals surface area contributed by atoms with Gasteiger partial charge in [0.25, 0.3) is 5.91 Å². The van der Waals surface area contributed by atoms with Gasteiger partial charge in [0.05, 0.1) is 11.7 Å². The lowest BCUT2D eigenvalue weighted by Gasteiger charge is -2.12. The molecule has 0 aromatic carbocycles. The van der Waals surface area contributed by atoms with E-state index in [2.05, 4.69) is 22.1 Å². The molecule has 0 fully saturated rings. The van der Waals surface area contributed by atoms with Gasteiger partial charge in [-0.05, 0) is 19.9 Å². The van der Waals surface area contributed by atoms with Crippen LogP contribution in [-0.2, 0) is 4.74 Å². The van der Waals surface area contributed by atoms with Crippen LogP contribution in [0.5, 0.6) is 0 Å². The maximum absolute atomic E-state index is 11.9. The van der Waals surface area contributed by atoms with Gasteiger partial charge in [-0.3, -0.25) is 9.78 Å². The first kappa shape index (κ1) is 15.2. The van der Waals surface area contributed by atoms with Gasteiger partial charge in [-0.1, -0.05) is 11.8 Å². The molecule has 1 amide bonds. The zero-order valence-corrected chi connectivity index (χ0v) is 11.1. The van der Waals surface area contributed by atoms with Crippen molar-refractivity contribution in [1.82, 2.24) is 10.3 Å². The topological polar surface area (TPSA) is 71.5 Å². The predicted octanol–water partition coefficient (Wildman–Crippen LogP) is 0.580. The van der Waals surface area contributed by atoms with E-state index in [9.17, 15) is 4.79 Å². The molecule has 0 saturated heterocycles. The molecule has 102 valence electrons. The molecule has 5 heteroatoms.